The van der Waals surface area contributed by atoms with Crippen LogP contribution in [0.4, 0.5) is 4.79 Å². The molecule has 2 bridgehead atoms. The number of likely N-dealkylation sites (tertiary alicyclic amines) is 1. The van der Waals surface area contributed by atoms with E-state index < -0.39 is 6.03 Å². The molecule has 7 nitrogen and oxygen atoms in total. The van der Waals surface area contributed by atoms with Crippen LogP contribution < -0.4 is 11.4 Å². The van der Waals surface area contributed by atoms with E-state index >= 15 is 0 Å². The summed E-state index contributed by atoms with van der Waals surface area (Å²) < 4.78 is 1.51. The number of nitrogens with one attached hydrogen (secondary N) is 1. The van der Waals surface area contributed by atoms with E-state index in [9.17, 15) is 14.7 Å². The lowest BCUT2D eigenvalue weighted by Gasteiger charge is -2.25. The summed E-state index contributed by atoms with van der Waals surface area (Å²) >= 11 is 0. The molecule has 2 unspecified atom stereocenters. The number of imidazole rings is 1. The lowest BCUT2D eigenvalue weighted by atomic mass is 10.2. The third-order valence-corrected chi connectivity index (χ3v) is 3.19. The van der Waals surface area contributed by atoms with Crippen LogP contribution in [0.25, 0.3) is 0 Å². The molecule has 1 fully saturated rings. The highest BCUT2D eigenvalue weighted by Gasteiger charge is 2.47. The molecule has 0 radical (unpaired) electrons. The van der Waals surface area contributed by atoms with Crippen molar-refractivity contribution in [2.45, 2.75) is 18.5 Å². The molecule has 7 heteroatoms. The Hall–Kier alpha value is -1.92. The van der Waals surface area contributed by atoms with Gasteiger partial charge in [0.15, 0.2) is 0 Å². The predicted molar refractivity (Wildman–Crippen MR) is 49.4 cm³/mol. The molecule has 3 rings (SSSR count). The molecule has 4 N–H and O–H groups in total. The second-order valence-electron chi connectivity index (χ2n) is 3.93. The Bertz CT molecular complexity index is 502. The van der Waals surface area contributed by atoms with Crippen LogP contribution in [0.2, 0.25) is 0 Å². The molecule has 1 aromatic heterocycles. The van der Waals surface area contributed by atoms with E-state index in [-0.39, 0.29) is 23.7 Å². The summed E-state index contributed by atoms with van der Waals surface area (Å²) in [5.41, 5.74) is 5.37. The van der Waals surface area contributed by atoms with Gasteiger partial charge in [-0.2, -0.15) is 0 Å². The molecule has 0 saturated carbocycles. The minimum absolute atomic E-state index is 0.0536. The Morgan fingerprint density at radius 1 is 1.60 bits per heavy atom. The maximum atomic E-state index is 11.4. The molecule has 15 heavy (non-hydrogen) atoms. The quantitative estimate of drug-likeness (QED) is 0.525. The van der Waals surface area contributed by atoms with Gasteiger partial charge in [-0.3, -0.25) is 9.55 Å². The molecule has 0 aliphatic carbocycles. The molecule has 3 heterocycles. The Balaban J connectivity index is 2.16. The van der Waals surface area contributed by atoms with Crippen molar-refractivity contribution >= 4 is 6.03 Å². The van der Waals surface area contributed by atoms with Crippen LogP contribution in [0, 0.1) is 0 Å². The van der Waals surface area contributed by atoms with Crippen molar-refractivity contribution in [1.29, 1.82) is 0 Å². The van der Waals surface area contributed by atoms with Gasteiger partial charge in [-0.1, -0.05) is 0 Å². The average molecular weight is 210 g/mol. The maximum Gasteiger partial charge on any atom is 0.329 e. The fourth-order valence-electron chi connectivity index (χ4n) is 2.63. The smallest absolute Gasteiger partial charge is 0.329 e. The molecule has 1 saturated heterocycles. The molecular weight excluding hydrogens is 200 g/mol. The summed E-state index contributed by atoms with van der Waals surface area (Å²) in [6.45, 7) is 0.449. The number of primary amides is 1. The van der Waals surface area contributed by atoms with Crippen LogP contribution in [-0.4, -0.2) is 32.1 Å². The van der Waals surface area contributed by atoms with Gasteiger partial charge in [-0.05, 0) is 6.42 Å². The molecule has 0 spiro atoms. The number of carbonyl (C=O) groups excluding carboxylic acids is 1. The van der Waals surface area contributed by atoms with E-state index in [0.29, 0.717) is 18.7 Å². The van der Waals surface area contributed by atoms with Crippen molar-refractivity contribution < 1.29 is 9.90 Å². The highest BCUT2D eigenvalue weighted by atomic mass is 16.3. The summed E-state index contributed by atoms with van der Waals surface area (Å²) in [5.74, 6) is -0.154. The van der Waals surface area contributed by atoms with Crippen molar-refractivity contribution in [2.24, 2.45) is 5.73 Å². The third-order valence-electron chi connectivity index (χ3n) is 3.19. The van der Waals surface area contributed by atoms with Gasteiger partial charge in [0.25, 0.3) is 0 Å². The summed E-state index contributed by atoms with van der Waals surface area (Å²) in [6.07, 6.45) is 0.662. The number of amides is 2. The first-order valence-electron chi connectivity index (χ1n) is 4.69. The summed E-state index contributed by atoms with van der Waals surface area (Å²) in [4.78, 5) is 26.3. The Labute approximate surface area is 84.1 Å². The van der Waals surface area contributed by atoms with Crippen molar-refractivity contribution in [1.82, 2.24) is 14.5 Å². The number of nitrogens with two attached hydrogens (primary N) is 1. The predicted octanol–water partition coefficient (Wildman–Crippen LogP) is -0.738. The van der Waals surface area contributed by atoms with Crippen LogP contribution in [0.1, 0.15) is 24.2 Å². The van der Waals surface area contributed by atoms with Gasteiger partial charge in [0.05, 0.1) is 12.1 Å². The number of urea groups is 1. The van der Waals surface area contributed by atoms with Gasteiger partial charge in [-0.15, -0.1) is 0 Å². The highest BCUT2D eigenvalue weighted by Crippen LogP contribution is 2.46. The summed E-state index contributed by atoms with van der Waals surface area (Å²) in [7, 11) is 0. The first-order valence-corrected chi connectivity index (χ1v) is 4.69. The van der Waals surface area contributed by atoms with Gasteiger partial charge < -0.3 is 15.7 Å². The number of fused-ring (bicyclic) bond motifs is 5. The van der Waals surface area contributed by atoms with Crippen molar-refractivity contribution in [2.75, 3.05) is 6.54 Å². The van der Waals surface area contributed by atoms with Gasteiger partial charge in [0, 0.05) is 6.54 Å². The molecule has 2 aliphatic heterocycles. The highest BCUT2D eigenvalue weighted by molar-refractivity contribution is 5.73. The molecule has 1 aromatic rings. The van der Waals surface area contributed by atoms with E-state index in [1.54, 1.807) is 0 Å². The van der Waals surface area contributed by atoms with Gasteiger partial charge in [-0.25, -0.2) is 9.59 Å². The molecule has 80 valence electrons. The van der Waals surface area contributed by atoms with E-state index in [1.807, 2.05) is 0 Å². The number of aromatic nitrogens is 2. The van der Waals surface area contributed by atoms with Crippen LogP contribution in [0.15, 0.2) is 4.79 Å². The fraction of sp³-hybridized carbons (Fsp3) is 0.500. The molecule has 2 amide bonds. The molecular formula is C8H10N4O3. The number of nitrogens with zero attached hydrogens (tertiary/aromatic N) is 2. The largest absolute Gasteiger partial charge is 0.493 e. The number of hydrogen-bond donors (Lipinski definition) is 3. The number of carbonyl (C=O) groups is 1. The van der Waals surface area contributed by atoms with Crippen LogP contribution in [0.3, 0.4) is 0 Å². The number of rotatable bonds is 0. The standard InChI is InChI=1S/C8H10N4O3/c9-7(14)11-2-3-1-4(11)5-6(13)10-8(15)12(3)5/h3-4,13H,1-2H2,(H2,9,14)(H,10,15). The molecule has 2 aliphatic rings. The SMILES string of the molecule is NC(=O)N1CC2CC1c1c(O)[nH]c(=O)n12. The minimum atomic E-state index is -0.512. The second-order valence-corrected chi connectivity index (χ2v) is 3.93. The first kappa shape index (κ1) is 8.39. The second kappa shape index (κ2) is 2.36. The van der Waals surface area contributed by atoms with Gasteiger partial charge in [0.2, 0.25) is 5.88 Å². The monoisotopic (exact) mass is 210 g/mol. The van der Waals surface area contributed by atoms with Crippen LogP contribution in [-0.2, 0) is 0 Å². The molecule has 0 aromatic carbocycles. The lowest BCUT2D eigenvalue weighted by molar-refractivity contribution is 0.194. The average Bonchev–Trinajstić information content (AvgIpc) is 2.77. The number of hydrogen-bond acceptors (Lipinski definition) is 3. The van der Waals surface area contributed by atoms with E-state index in [0.717, 1.165) is 0 Å². The van der Waals surface area contributed by atoms with Crippen LogP contribution >= 0.6 is 0 Å². The van der Waals surface area contributed by atoms with E-state index in [1.165, 1.54) is 9.47 Å². The Morgan fingerprint density at radius 2 is 2.33 bits per heavy atom. The van der Waals surface area contributed by atoms with Crippen molar-refractivity contribution in [3.8, 4) is 5.88 Å². The van der Waals surface area contributed by atoms with Crippen molar-refractivity contribution in [3.05, 3.63) is 16.2 Å². The number of aromatic hydroxyl groups is 1. The molecule has 2 atom stereocenters. The van der Waals surface area contributed by atoms with E-state index in [4.69, 9.17) is 5.73 Å². The maximum absolute atomic E-state index is 11.4. The fourth-order valence-corrected chi connectivity index (χ4v) is 2.63. The number of aromatic amines is 1. The topological polar surface area (TPSA) is 104 Å². The zero-order valence-electron chi connectivity index (χ0n) is 7.80. The zero-order valence-corrected chi connectivity index (χ0v) is 7.80. The summed E-state index contributed by atoms with van der Waals surface area (Å²) in [6, 6.07) is -0.824. The Kier molecular flexibility index (Phi) is 1.32. The first-order chi connectivity index (χ1) is 7.09. The summed E-state index contributed by atoms with van der Waals surface area (Å²) in [5, 5.41) is 9.52. The van der Waals surface area contributed by atoms with Gasteiger partial charge >= 0.3 is 11.7 Å². The third kappa shape index (κ3) is 0.846. The van der Waals surface area contributed by atoms with Crippen molar-refractivity contribution in [3.63, 3.8) is 0 Å². The lowest BCUT2D eigenvalue weighted by Crippen LogP contribution is -2.40. The van der Waals surface area contributed by atoms with E-state index in [2.05, 4.69) is 4.98 Å². The van der Waals surface area contributed by atoms with Gasteiger partial charge in [0.1, 0.15) is 5.69 Å². The minimum Gasteiger partial charge on any atom is -0.493 e. The number of H-pyrrole nitrogens is 1. The van der Waals surface area contributed by atoms with Crippen LogP contribution in [0.5, 0.6) is 5.88 Å². The normalized spacial score (nSPS) is 27.1. The zero-order chi connectivity index (χ0) is 10.7. The Morgan fingerprint density at radius 3 is 3.00 bits per heavy atom.